The summed E-state index contributed by atoms with van der Waals surface area (Å²) in [6, 6.07) is -0.0369. The van der Waals surface area contributed by atoms with E-state index in [1.54, 1.807) is 0 Å². The highest BCUT2D eigenvalue weighted by atomic mass is 16.3. The van der Waals surface area contributed by atoms with E-state index in [1.807, 2.05) is 0 Å². The third kappa shape index (κ3) is 3.18. The number of nitrogens with one attached hydrogen (secondary N) is 2. The smallest absolute Gasteiger partial charge is 0.237 e. The Kier molecular flexibility index (Phi) is 3.59. The molecule has 2 atom stereocenters. The fourth-order valence-electron chi connectivity index (χ4n) is 2.05. The zero-order valence-corrected chi connectivity index (χ0v) is 9.04. The van der Waals surface area contributed by atoms with Crippen LogP contribution in [0.3, 0.4) is 0 Å². The number of hydrogen-bond donors (Lipinski definition) is 3. The van der Waals surface area contributed by atoms with Gasteiger partial charge in [-0.3, -0.25) is 4.79 Å². The predicted molar refractivity (Wildman–Crippen MR) is 57.4 cm³/mol. The normalized spacial score (nSPS) is 28.5. The average molecular weight is 212 g/mol. The Balaban J connectivity index is 1.66. The molecule has 3 N–H and O–H groups in total. The van der Waals surface area contributed by atoms with Gasteiger partial charge in [0.2, 0.25) is 5.91 Å². The largest absolute Gasteiger partial charge is 0.391 e. The van der Waals surface area contributed by atoms with Crippen LogP contribution in [0.4, 0.5) is 0 Å². The van der Waals surface area contributed by atoms with Crippen molar-refractivity contribution < 1.29 is 9.90 Å². The van der Waals surface area contributed by atoms with Gasteiger partial charge in [-0.1, -0.05) is 6.42 Å². The number of hydrogen-bond acceptors (Lipinski definition) is 3. The molecule has 1 saturated carbocycles. The Hall–Kier alpha value is -0.610. The van der Waals surface area contributed by atoms with Crippen LogP contribution in [0.1, 0.15) is 32.1 Å². The van der Waals surface area contributed by atoms with Crippen molar-refractivity contribution in [2.75, 3.05) is 13.1 Å². The molecule has 1 aliphatic carbocycles. The fraction of sp³-hybridized carbons (Fsp3) is 0.909. The molecule has 1 amide bonds. The first-order valence-electron chi connectivity index (χ1n) is 5.96. The quantitative estimate of drug-likeness (QED) is 0.615. The number of carbonyl (C=O) groups is 1. The van der Waals surface area contributed by atoms with E-state index in [1.165, 1.54) is 0 Å². The predicted octanol–water partition coefficient (Wildman–Crippen LogP) is 0.0156. The summed E-state index contributed by atoms with van der Waals surface area (Å²) < 4.78 is 0. The Labute approximate surface area is 90.4 Å². The van der Waals surface area contributed by atoms with Crippen LogP contribution in [0.15, 0.2) is 0 Å². The van der Waals surface area contributed by atoms with Crippen LogP contribution in [0.25, 0.3) is 0 Å². The van der Waals surface area contributed by atoms with Crippen molar-refractivity contribution in [2.24, 2.45) is 5.92 Å². The SMILES string of the molecule is O=C(NCC(O)C1CC1)[C@H]1CCCCN1. The molecule has 2 aliphatic rings. The number of piperidine rings is 1. The molecule has 0 bridgehead atoms. The Morgan fingerprint density at radius 1 is 1.40 bits per heavy atom. The molecule has 1 aliphatic heterocycles. The van der Waals surface area contributed by atoms with E-state index in [2.05, 4.69) is 10.6 Å². The highest BCUT2D eigenvalue weighted by Gasteiger charge is 2.30. The lowest BCUT2D eigenvalue weighted by Gasteiger charge is -2.23. The topological polar surface area (TPSA) is 61.4 Å². The van der Waals surface area contributed by atoms with Crippen molar-refractivity contribution in [2.45, 2.75) is 44.2 Å². The maximum absolute atomic E-state index is 11.7. The third-order valence-electron chi connectivity index (χ3n) is 3.28. The number of amides is 1. The van der Waals surface area contributed by atoms with Gasteiger partial charge in [-0.15, -0.1) is 0 Å². The number of carbonyl (C=O) groups excluding carboxylic acids is 1. The molecule has 0 spiro atoms. The third-order valence-corrected chi connectivity index (χ3v) is 3.28. The summed E-state index contributed by atoms with van der Waals surface area (Å²) >= 11 is 0. The molecule has 0 aromatic carbocycles. The summed E-state index contributed by atoms with van der Waals surface area (Å²) in [5.41, 5.74) is 0. The van der Waals surface area contributed by atoms with Crippen molar-refractivity contribution in [3.05, 3.63) is 0 Å². The summed E-state index contributed by atoms with van der Waals surface area (Å²) in [7, 11) is 0. The van der Waals surface area contributed by atoms with Crippen LogP contribution in [0.5, 0.6) is 0 Å². The maximum atomic E-state index is 11.7. The van der Waals surface area contributed by atoms with E-state index >= 15 is 0 Å². The highest BCUT2D eigenvalue weighted by Crippen LogP contribution is 2.32. The number of aliphatic hydroxyl groups is 1. The van der Waals surface area contributed by atoms with Gasteiger partial charge >= 0.3 is 0 Å². The summed E-state index contributed by atoms with van der Waals surface area (Å²) in [4.78, 5) is 11.7. The molecule has 15 heavy (non-hydrogen) atoms. The summed E-state index contributed by atoms with van der Waals surface area (Å²) in [5.74, 6) is 0.485. The summed E-state index contributed by atoms with van der Waals surface area (Å²) in [6.45, 7) is 1.35. The minimum atomic E-state index is -0.336. The van der Waals surface area contributed by atoms with Crippen molar-refractivity contribution in [1.82, 2.24) is 10.6 Å². The monoisotopic (exact) mass is 212 g/mol. The van der Waals surface area contributed by atoms with Gasteiger partial charge in [0.15, 0.2) is 0 Å². The van der Waals surface area contributed by atoms with E-state index in [-0.39, 0.29) is 18.1 Å². The van der Waals surface area contributed by atoms with Gasteiger partial charge in [0.1, 0.15) is 0 Å². The molecule has 4 heteroatoms. The molecule has 0 aromatic heterocycles. The van der Waals surface area contributed by atoms with Crippen molar-refractivity contribution in [3.8, 4) is 0 Å². The van der Waals surface area contributed by atoms with E-state index < -0.39 is 0 Å². The second-order valence-electron chi connectivity index (χ2n) is 4.65. The summed E-state index contributed by atoms with van der Waals surface area (Å²) in [6.07, 6.45) is 5.09. The average Bonchev–Trinajstić information content (AvgIpc) is 3.10. The van der Waals surface area contributed by atoms with Gasteiger partial charge in [-0.05, 0) is 38.1 Å². The minimum Gasteiger partial charge on any atom is -0.391 e. The molecule has 1 heterocycles. The first-order chi connectivity index (χ1) is 7.27. The van der Waals surface area contributed by atoms with Crippen LogP contribution in [0.2, 0.25) is 0 Å². The highest BCUT2D eigenvalue weighted by molar-refractivity contribution is 5.81. The molecule has 86 valence electrons. The van der Waals surface area contributed by atoms with Gasteiger partial charge in [-0.25, -0.2) is 0 Å². The van der Waals surface area contributed by atoms with Gasteiger partial charge < -0.3 is 15.7 Å². The minimum absolute atomic E-state index is 0.0369. The molecule has 0 radical (unpaired) electrons. The van der Waals surface area contributed by atoms with Gasteiger partial charge in [0.05, 0.1) is 12.1 Å². The summed E-state index contributed by atoms with van der Waals surface area (Å²) in [5, 5.41) is 15.6. The first kappa shape index (κ1) is 10.9. The molecule has 1 saturated heterocycles. The van der Waals surface area contributed by atoms with E-state index in [9.17, 15) is 9.90 Å². The fourth-order valence-corrected chi connectivity index (χ4v) is 2.05. The molecule has 2 rings (SSSR count). The van der Waals surface area contributed by atoms with Crippen LogP contribution in [-0.4, -0.2) is 36.2 Å². The molecular formula is C11H20N2O2. The molecule has 4 nitrogen and oxygen atoms in total. The van der Waals surface area contributed by atoms with Gasteiger partial charge in [-0.2, -0.15) is 0 Å². The molecule has 0 aromatic rings. The van der Waals surface area contributed by atoms with E-state index in [0.717, 1.165) is 38.6 Å². The number of aliphatic hydroxyl groups excluding tert-OH is 1. The molecule has 2 fully saturated rings. The first-order valence-corrected chi connectivity index (χ1v) is 5.96. The van der Waals surface area contributed by atoms with Crippen molar-refractivity contribution >= 4 is 5.91 Å². The lowest BCUT2D eigenvalue weighted by molar-refractivity contribution is -0.124. The Morgan fingerprint density at radius 3 is 2.80 bits per heavy atom. The van der Waals surface area contributed by atoms with Crippen LogP contribution in [0, 0.1) is 5.92 Å². The van der Waals surface area contributed by atoms with E-state index in [4.69, 9.17) is 0 Å². The second-order valence-corrected chi connectivity index (χ2v) is 4.65. The molecule has 1 unspecified atom stereocenters. The number of rotatable bonds is 4. The standard InChI is InChI=1S/C11H20N2O2/c14-10(8-4-5-8)7-13-11(15)9-3-1-2-6-12-9/h8-10,12,14H,1-7H2,(H,13,15)/t9-,10?/m1/s1. The second kappa shape index (κ2) is 4.94. The van der Waals surface area contributed by atoms with Crippen LogP contribution >= 0.6 is 0 Å². The Bertz CT molecular complexity index is 223. The lowest BCUT2D eigenvalue weighted by Crippen LogP contribution is -2.48. The maximum Gasteiger partial charge on any atom is 0.237 e. The van der Waals surface area contributed by atoms with Crippen LogP contribution in [-0.2, 0) is 4.79 Å². The molecular weight excluding hydrogens is 192 g/mol. The Morgan fingerprint density at radius 2 is 2.20 bits per heavy atom. The zero-order chi connectivity index (χ0) is 10.7. The van der Waals surface area contributed by atoms with Crippen LogP contribution < -0.4 is 10.6 Å². The van der Waals surface area contributed by atoms with Crippen molar-refractivity contribution in [3.63, 3.8) is 0 Å². The van der Waals surface area contributed by atoms with Crippen molar-refractivity contribution in [1.29, 1.82) is 0 Å². The van der Waals surface area contributed by atoms with Gasteiger partial charge in [0.25, 0.3) is 0 Å². The lowest BCUT2D eigenvalue weighted by atomic mass is 10.0. The van der Waals surface area contributed by atoms with Gasteiger partial charge in [0, 0.05) is 6.54 Å². The van der Waals surface area contributed by atoms with E-state index in [0.29, 0.717) is 12.5 Å². The zero-order valence-electron chi connectivity index (χ0n) is 9.04.